The van der Waals surface area contributed by atoms with Crippen LogP contribution in [0, 0.1) is 0 Å². The monoisotopic (exact) mass is 236 g/mol. The second kappa shape index (κ2) is 5.30. The summed E-state index contributed by atoms with van der Waals surface area (Å²) in [6, 6.07) is 5.99. The molecule has 0 aromatic carbocycles. The number of rotatable bonds is 5. The minimum atomic E-state index is -0.399. The fraction of sp³-hybridized carbons (Fsp3) is 0.333. The lowest BCUT2D eigenvalue weighted by atomic mass is 10.3. The van der Waals surface area contributed by atoms with Crippen LogP contribution in [0.5, 0.6) is 0 Å². The van der Waals surface area contributed by atoms with Crippen molar-refractivity contribution in [3.8, 4) is 0 Å². The number of nitrogens with zero attached hydrogens (tertiary/aromatic N) is 1. The Kier molecular flexibility index (Phi) is 3.77. The van der Waals surface area contributed by atoms with Crippen molar-refractivity contribution >= 4 is 11.3 Å². The first-order valence-corrected chi connectivity index (χ1v) is 6.16. The fourth-order valence-corrected chi connectivity index (χ4v) is 2.31. The van der Waals surface area contributed by atoms with Gasteiger partial charge in [-0.15, -0.1) is 11.3 Å². The number of nitrogens with one attached hydrogen (secondary N) is 1. The molecule has 2 rings (SSSR count). The lowest BCUT2D eigenvalue weighted by Gasteiger charge is -2.09. The summed E-state index contributed by atoms with van der Waals surface area (Å²) in [5.74, 6) is 0. The Labute approximate surface area is 99.4 Å². The van der Waals surface area contributed by atoms with E-state index in [0.717, 1.165) is 11.4 Å². The summed E-state index contributed by atoms with van der Waals surface area (Å²) in [7, 11) is 2.00. The van der Waals surface area contributed by atoms with Crippen molar-refractivity contribution in [2.75, 3.05) is 6.54 Å². The van der Waals surface area contributed by atoms with Crippen molar-refractivity contribution < 1.29 is 5.11 Å². The largest absolute Gasteiger partial charge is 0.386 e. The Morgan fingerprint density at radius 1 is 1.50 bits per heavy atom. The summed E-state index contributed by atoms with van der Waals surface area (Å²) in [6.07, 6.45) is 3.70. The van der Waals surface area contributed by atoms with Gasteiger partial charge in [-0.2, -0.15) is 0 Å². The zero-order valence-electron chi connectivity index (χ0n) is 9.26. The van der Waals surface area contributed by atoms with E-state index < -0.39 is 6.10 Å². The Hall–Kier alpha value is -1.10. The SMILES string of the molecule is Cn1ccc(CNCC(O)c2cccs2)c1. The number of aliphatic hydroxyl groups is 1. The molecule has 16 heavy (non-hydrogen) atoms. The highest BCUT2D eigenvalue weighted by Gasteiger charge is 2.07. The van der Waals surface area contributed by atoms with E-state index in [0.29, 0.717) is 6.54 Å². The summed E-state index contributed by atoms with van der Waals surface area (Å²) >= 11 is 1.59. The summed E-state index contributed by atoms with van der Waals surface area (Å²) in [6.45, 7) is 1.39. The van der Waals surface area contributed by atoms with Gasteiger partial charge in [0.2, 0.25) is 0 Å². The van der Waals surface area contributed by atoms with Crippen LogP contribution >= 0.6 is 11.3 Å². The molecular weight excluding hydrogens is 220 g/mol. The van der Waals surface area contributed by atoms with E-state index in [9.17, 15) is 5.11 Å². The van der Waals surface area contributed by atoms with Gasteiger partial charge in [0.1, 0.15) is 6.10 Å². The third kappa shape index (κ3) is 2.95. The zero-order valence-corrected chi connectivity index (χ0v) is 10.1. The van der Waals surface area contributed by atoms with E-state index in [2.05, 4.69) is 17.6 Å². The summed E-state index contributed by atoms with van der Waals surface area (Å²) in [5, 5.41) is 15.1. The molecule has 0 aliphatic heterocycles. The van der Waals surface area contributed by atoms with E-state index in [1.165, 1.54) is 5.56 Å². The van der Waals surface area contributed by atoms with Crippen molar-refractivity contribution in [2.24, 2.45) is 7.05 Å². The van der Waals surface area contributed by atoms with Crippen LogP contribution < -0.4 is 5.32 Å². The van der Waals surface area contributed by atoms with Gasteiger partial charge in [0.25, 0.3) is 0 Å². The molecule has 1 unspecified atom stereocenters. The first-order chi connectivity index (χ1) is 7.75. The van der Waals surface area contributed by atoms with E-state index in [1.54, 1.807) is 11.3 Å². The Balaban J connectivity index is 1.76. The smallest absolute Gasteiger partial charge is 0.101 e. The molecule has 0 radical (unpaired) electrons. The number of aryl methyl sites for hydroxylation is 1. The molecule has 0 bridgehead atoms. The molecule has 2 aromatic rings. The van der Waals surface area contributed by atoms with Gasteiger partial charge in [0.15, 0.2) is 0 Å². The van der Waals surface area contributed by atoms with Gasteiger partial charge in [-0.25, -0.2) is 0 Å². The van der Waals surface area contributed by atoms with E-state index >= 15 is 0 Å². The molecule has 2 heterocycles. The lowest BCUT2D eigenvalue weighted by molar-refractivity contribution is 0.178. The molecular formula is C12H16N2OS. The second-order valence-electron chi connectivity index (χ2n) is 3.85. The predicted molar refractivity (Wildman–Crippen MR) is 66.4 cm³/mol. The van der Waals surface area contributed by atoms with Gasteiger partial charge in [0, 0.05) is 37.4 Å². The number of hydrogen-bond donors (Lipinski definition) is 2. The Bertz CT molecular complexity index is 422. The molecule has 0 aliphatic rings. The molecule has 0 amide bonds. The van der Waals surface area contributed by atoms with Crippen LogP contribution in [-0.2, 0) is 13.6 Å². The molecule has 1 atom stereocenters. The van der Waals surface area contributed by atoms with Crippen molar-refractivity contribution in [1.82, 2.24) is 9.88 Å². The van der Waals surface area contributed by atoms with Gasteiger partial charge in [0.05, 0.1) is 0 Å². The molecule has 0 spiro atoms. The maximum absolute atomic E-state index is 9.84. The summed E-state index contributed by atoms with van der Waals surface area (Å²) in [4.78, 5) is 1.01. The Morgan fingerprint density at radius 2 is 2.38 bits per heavy atom. The normalized spacial score (nSPS) is 12.9. The van der Waals surface area contributed by atoms with E-state index in [1.807, 2.05) is 35.3 Å². The van der Waals surface area contributed by atoms with Gasteiger partial charge in [-0.1, -0.05) is 6.07 Å². The standard InChI is InChI=1S/C12H16N2OS/c1-14-5-4-10(9-14)7-13-8-11(15)12-3-2-6-16-12/h2-6,9,11,13,15H,7-8H2,1H3. The van der Waals surface area contributed by atoms with Gasteiger partial charge >= 0.3 is 0 Å². The topological polar surface area (TPSA) is 37.2 Å². The first kappa shape index (κ1) is 11.4. The Morgan fingerprint density at radius 3 is 3.00 bits per heavy atom. The number of hydrogen-bond acceptors (Lipinski definition) is 3. The summed E-state index contributed by atoms with van der Waals surface area (Å²) in [5.41, 5.74) is 1.24. The molecule has 3 nitrogen and oxygen atoms in total. The van der Waals surface area contributed by atoms with Crippen LogP contribution in [-0.4, -0.2) is 16.2 Å². The molecule has 0 saturated heterocycles. The van der Waals surface area contributed by atoms with E-state index in [4.69, 9.17) is 0 Å². The minimum absolute atomic E-state index is 0.399. The van der Waals surface area contributed by atoms with Crippen LogP contribution in [0.2, 0.25) is 0 Å². The average molecular weight is 236 g/mol. The second-order valence-corrected chi connectivity index (χ2v) is 4.83. The molecule has 4 heteroatoms. The van der Waals surface area contributed by atoms with Gasteiger partial charge in [-0.3, -0.25) is 0 Å². The van der Waals surface area contributed by atoms with Crippen molar-refractivity contribution in [3.63, 3.8) is 0 Å². The minimum Gasteiger partial charge on any atom is -0.386 e. The number of thiophene rings is 1. The molecule has 2 aromatic heterocycles. The highest BCUT2D eigenvalue weighted by atomic mass is 32.1. The zero-order chi connectivity index (χ0) is 11.4. The maximum atomic E-state index is 9.84. The van der Waals surface area contributed by atoms with E-state index in [-0.39, 0.29) is 0 Å². The number of aromatic nitrogens is 1. The third-order valence-electron chi connectivity index (χ3n) is 2.43. The van der Waals surface area contributed by atoms with Crippen molar-refractivity contribution in [3.05, 3.63) is 46.4 Å². The van der Waals surface area contributed by atoms with Crippen LogP contribution in [0.25, 0.3) is 0 Å². The van der Waals surface area contributed by atoms with Gasteiger partial charge in [-0.05, 0) is 23.1 Å². The molecule has 0 aliphatic carbocycles. The van der Waals surface area contributed by atoms with Gasteiger partial charge < -0.3 is 15.0 Å². The molecule has 2 N–H and O–H groups in total. The highest BCUT2D eigenvalue weighted by Crippen LogP contribution is 2.17. The number of aliphatic hydroxyl groups excluding tert-OH is 1. The van der Waals surface area contributed by atoms with Crippen LogP contribution in [0.4, 0.5) is 0 Å². The first-order valence-electron chi connectivity index (χ1n) is 5.29. The maximum Gasteiger partial charge on any atom is 0.101 e. The molecule has 0 fully saturated rings. The molecule has 0 saturated carbocycles. The predicted octanol–water partition coefficient (Wildman–Crippen LogP) is 1.91. The van der Waals surface area contributed by atoms with Crippen molar-refractivity contribution in [1.29, 1.82) is 0 Å². The van der Waals surface area contributed by atoms with Crippen molar-refractivity contribution in [2.45, 2.75) is 12.6 Å². The lowest BCUT2D eigenvalue weighted by Crippen LogP contribution is -2.20. The summed E-state index contributed by atoms with van der Waals surface area (Å²) < 4.78 is 2.02. The van der Waals surface area contributed by atoms with Crippen LogP contribution in [0.3, 0.4) is 0 Å². The van der Waals surface area contributed by atoms with Crippen LogP contribution in [0.1, 0.15) is 16.5 Å². The third-order valence-corrected chi connectivity index (χ3v) is 3.41. The average Bonchev–Trinajstić information content (AvgIpc) is 2.89. The quantitative estimate of drug-likeness (QED) is 0.832. The fourth-order valence-electron chi connectivity index (χ4n) is 1.60. The highest BCUT2D eigenvalue weighted by molar-refractivity contribution is 7.10. The van der Waals surface area contributed by atoms with Crippen LogP contribution in [0.15, 0.2) is 36.0 Å². The molecule has 86 valence electrons.